The number of H-pyrrole nitrogens is 1. The quantitative estimate of drug-likeness (QED) is 0.717. The van der Waals surface area contributed by atoms with Gasteiger partial charge in [0.1, 0.15) is 0 Å². The summed E-state index contributed by atoms with van der Waals surface area (Å²) in [6.07, 6.45) is 1.12. The van der Waals surface area contributed by atoms with Crippen molar-refractivity contribution in [3.05, 3.63) is 17.8 Å². The Balaban J connectivity index is 2.24. The van der Waals surface area contributed by atoms with Gasteiger partial charge >= 0.3 is 7.12 Å². The number of anilines is 1. The highest BCUT2D eigenvalue weighted by Crippen LogP contribution is 2.37. The third-order valence-corrected chi connectivity index (χ3v) is 6.69. The summed E-state index contributed by atoms with van der Waals surface area (Å²) in [7, 11) is -1.37. The molecule has 1 fully saturated rings. The molecule has 0 saturated carbocycles. The highest BCUT2D eigenvalue weighted by atomic mass is 32.2. The van der Waals surface area contributed by atoms with Gasteiger partial charge in [-0.3, -0.25) is 14.2 Å². The number of aromatic nitrogens is 2. The number of nitrogens with zero attached hydrogens (tertiary/aromatic N) is 2. The number of hydrogen-bond donors (Lipinski definition) is 2. The Hall–Kier alpha value is -2.11. The average Bonchev–Trinajstić information content (AvgIpc) is 3.08. The van der Waals surface area contributed by atoms with Crippen molar-refractivity contribution in [2.45, 2.75) is 38.9 Å². The molecule has 0 radical (unpaired) electrons. The average molecular weight is 408 g/mol. The largest absolute Gasteiger partial charge is 0.497 e. The number of hydrogen-bond acceptors (Lipinski definition) is 6. The number of benzene rings is 1. The number of carbonyl (C=O) groups excluding carboxylic acids is 1. The van der Waals surface area contributed by atoms with Crippen LogP contribution in [0.2, 0.25) is 0 Å². The van der Waals surface area contributed by atoms with Crippen LogP contribution in [0.1, 0.15) is 38.2 Å². The Morgan fingerprint density at radius 1 is 1.21 bits per heavy atom. The monoisotopic (exact) mass is 408 g/mol. The van der Waals surface area contributed by atoms with Gasteiger partial charge in [0.2, 0.25) is 10.0 Å². The molecule has 1 aliphatic heterocycles. The molecule has 3 rings (SSSR count). The van der Waals surface area contributed by atoms with E-state index in [0.29, 0.717) is 22.1 Å². The standard InChI is InChI=1S/C17H25BN4O5S/c1-16(2)17(3,4)27-18(26-16)11-8-10-12(20-21-14(10)15(23)19-5)9-13(11)22(6)28(7,24)25/h8-9H,1-7H3,(H,19,23)(H,20,21). The van der Waals surface area contributed by atoms with E-state index in [0.717, 1.165) is 10.6 Å². The van der Waals surface area contributed by atoms with Crippen LogP contribution in [0.4, 0.5) is 5.69 Å². The minimum atomic E-state index is -3.54. The molecule has 9 nitrogen and oxygen atoms in total. The van der Waals surface area contributed by atoms with Gasteiger partial charge in [-0.1, -0.05) is 0 Å². The highest BCUT2D eigenvalue weighted by molar-refractivity contribution is 7.92. The molecular weight excluding hydrogens is 383 g/mol. The lowest BCUT2D eigenvalue weighted by Gasteiger charge is -2.32. The van der Waals surface area contributed by atoms with E-state index in [2.05, 4.69) is 15.5 Å². The number of carbonyl (C=O) groups is 1. The molecule has 1 amide bonds. The minimum absolute atomic E-state index is 0.212. The summed E-state index contributed by atoms with van der Waals surface area (Å²) >= 11 is 0. The predicted molar refractivity (Wildman–Crippen MR) is 108 cm³/mol. The summed E-state index contributed by atoms with van der Waals surface area (Å²) in [5.74, 6) is -0.352. The van der Waals surface area contributed by atoms with Gasteiger partial charge in [-0.25, -0.2) is 8.42 Å². The molecule has 1 aromatic heterocycles. The second-order valence-electron chi connectivity index (χ2n) is 7.93. The number of aromatic amines is 1. The maximum absolute atomic E-state index is 12.2. The fraction of sp³-hybridized carbons (Fsp3) is 0.529. The third kappa shape index (κ3) is 3.27. The number of fused-ring (bicyclic) bond motifs is 1. The first kappa shape index (κ1) is 20.6. The molecule has 0 spiro atoms. The fourth-order valence-electron chi connectivity index (χ4n) is 2.97. The fourth-order valence-corrected chi connectivity index (χ4v) is 3.49. The molecule has 1 aliphatic rings. The van der Waals surface area contributed by atoms with Gasteiger partial charge in [0.05, 0.1) is 28.7 Å². The number of sulfonamides is 1. The van der Waals surface area contributed by atoms with Gasteiger partial charge in [-0.05, 0) is 39.8 Å². The van der Waals surface area contributed by atoms with Gasteiger partial charge in [0, 0.05) is 24.9 Å². The van der Waals surface area contributed by atoms with E-state index in [4.69, 9.17) is 9.31 Å². The normalized spacial score (nSPS) is 18.5. The van der Waals surface area contributed by atoms with E-state index in [1.54, 1.807) is 12.1 Å². The van der Waals surface area contributed by atoms with Gasteiger partial charge in [0.25, 0.3) is 5.91 Å². The van der Waals surface area contributed by atoms with E-state index in [1.807, 2.05) is 27.7 Å². The van der Waals surface area contributed by atoms with Crippen LogP contribution in [-0.4, -0.2) is 63.2 Å². The van der Waals surface area contributed by atoms with Crippen molar-refractivity contribution in [3.63, 3.8) is 0 Å². The van der Waals surface area contributed by atoms with E-state index < -0.39 is 28.3 Å². The minimum Gasteiger partial charge on any atom is -0.399 e. The first-order valence-corrected chi connectivity index (χ1v) is 10.7. The van der Waals surface area contributed by atoms with Crippen LogP contribution in [0.15, 0.2) is 12.1 Å². The lowest BCUT2D eigenvalue weighted by molar-refractivity contribution is 0.00578. The Morgan fingerprint density at radius 2 is 1.79 bits per heavy atom. The molecule has 0 atom stereocenters. The van der Waals surface area contributed by atoms with Gasteiger partial charge in [0.15, 0.2) is 5.69 Å². The van der Waals surface area contributed by atoms with Crippen molar-refractivity contribution >= 4 is 45.1 Å². The van der Waals surface area contributed by atoms with Crippen LogP contribution in [-0.2, 0) is 19.3 Å². The van der Waals surface area contributed by atoms with E-state index in [-0.39, 0.29) is 11.6 Å². The molecule has 0 unspecified atom stereocenters. The van der Waals surface area contributed by atoms with Crippen molar-refractivity contribution in [2.24, 2.45) is 0 Å². The maximum atomic E-state index is 12.2. The molecule has 0 bridgehead atoms. The molecule has 0 aliphatic carbocycles. The van der Waals surface area contributed by atoms with Gasteiger partial charge in [-0.2, -0.15) is 5.10 Å². The smallest absolute Gasteiger partial charge is 0.399 e. The van der Waals surface area contributed by atoms with Crippen LogP contribution in [0.5, 0.6) is 0 Å². The topological polar surface area (TPSA) is 114 Å². The Morgan fingerprint density at radius 3 is 2.29 bits per heavy atom. The lowest BCUT2D eigenvalue weighted by Crippen LogP contribution is -2.41. The summed E-state index contributed by atoms with van der Waals surface area (Å²) in [6, 6.07) is 3.33. The summed E-state index contributed by atoms with van der Waals surface area (Å²) in [4.78, 5) is 12.1. The van der Waals surface area contributed by atoms with Gasteiger partial charge in [-0.15, -0.1) is 0 Å². The summed E-state index contributed by atoms with van der Waals surface area (Å²) in [5, 5.41) is 9.95. The Labute approximate surface area is 165 Å². The molecule has 28 heavy (non-hydrogen) atoms. The van der Waals surface area contributed by atoms with Crippen LogP contribution >= 0.6 is 0 Å². The van der Waals surface area contributed by atoms with Crippen LogP contribution in [0.25, 0.3) is 10.9 Å². The van der Waals surface area contributed by atoms with Crippen molar-refractivity contribution in [1.29, 1.82) is 0 Å². The Kier molecular flexibility index (Phi) is 4.76. The first-order chi connectivity index (χ1) is 12.8. The zero-order valence-corrected chi connectivity index (χ0v) is 17.9. The van der Waals surface area contributed by atoms with E-state index in [1.165, 1.54) is 14.1 Å². The van der Waals surface area contributed by atoms with E-state index >= 15 is 0 Å². The SMILES string of the molecule is CNC(=O)c1n[nH]c2cc(N(C)S(C)(=O)=O)c(B3OC(C)(C)C(C)(C)O3)cc12. The van der Waals surface area contributed by atoms with Crippen LogP contribution < -0.4 is 15.1 Å². The van der Waals surface area contributed by atoms with Crippen LogP contribution in [0.3, 0.4) is 0 Å². The molecule has 152 valence electrons. The second-order valence-corrected chi connectivity index (χ2v) is 9.94. The lowest BCUT2D eigenvalue weighted by atomic mass is 9.77. The zero-order valence-electron chi connectivity index (χ0n) is 17.1. The molecule has 2 aromatic rings. The van der Waals surface area contributed by atoms with Crippen molar-refractivity contribution < 1.29 is 22.5 Å². The molecule has 2 N–H and O–H groups in total. The first-order valence-electron chi connectivity index (χ1n) is 8.82. The maximum Gasteiger partial charge on any atom is 0.497 e. The van der Waals surface area contributed by atoms with Crippen LogP contribution in [0, 0.1) is 0 Å². The molecule has 1 aromatic carbocycles. The summed E-state index contributed by atoms with van der Waals surface area (Å²) < 4.78 is 37.8. The Bertz CT molecular complexity index is 1030. The third-order valence-electron chi connectivity index (χ3n) is 5.50. The van der Waals surface area contributed by atoms with Crippen molar-refractivity contribution in [3.8, 4) is 0 Å². The molecule has 11 heteroatoms. The van der Waals surface area contributed by atoms with Crippen molar-refractivity contribution in [2.75, 3.05) is 24.7 Å². The molecule has 2 heterocycles. The van der Waals surface area contributed by atoms with Crippen molar-refractivity contribution in [1.82, 2.24) is 15.5 Å². The molecule has 1 saturated heterocycles. The number of nitrogens with one attached hydrogen (secondary N) is 2. The van der Waals surface area contributed by atoms with Gasteiger partial charge < -0.3 is 14.6 Å². The second kappa shape index (κ2) is 6.46. The highest BCUT2D eigenvalue weighted by Gasteiger charge is 2.52. The number of amides is 1. The molecular formula is C17H25BN4O5S. The summed E-state index contributed by atoms with van der Waals surface area (Å²) in [5.41, 5.74) is 0.431. The zero-order chi connectivity index (χ0) is 21.1. The predicted octanol–water partition coefficient (Wildman–Crippen LogP) is 0.618. The summed E-state index contributed by atoms with van der Waals surface area (Å²) in [6.45, 7) is 7.66. The number of rotatable bonds is 4. The van der Waals surface area contributed by atoms with E-state index in [9.17, 15) is 13.2 Å².